The smallest absolute Gasteiger partial charge is 0.150 e. The Kier molecular flexibility index (Phi) is 11.1. The minimum atomic E-state index is -0.203. The molecule has 6 aromatic carbocycles. The van der Waals surface area contributed by atoms with Crippen LogP contribution in [0.2, 0.25) is 0 Å². The lowest BCUT2D eigenvalue weighted by Gasteiger charge is -2.33. The van der Waals surface area contributed by atoms with Crippen molar-refractivity contribution in [3.8, 4) is 0 Å². The highest BCUT2D eigenvalue weighted by Crippen LogP contribution is 2.33. The van der Waals surface area contributed by atoms with Crippen LogP contribution in [0.1, 0.15) is 81.6 Å². The van der Waals surface area contributed by atoms with E-state index in [0.29, 0.717) is 5.56 Å². The molecule has 0 spiro atoms. The zero-order chi connectivity index (χ0) is 34.6. The van der Waals surface area contributed by atoms with E-state index < -0.39 is 0 Å². The summed E-state index contributed by atoms with van der Waals surface area (Å²) in [5.41, 5.74) is 12.2. The van der Waals surface area contributed by atoms with E-state index in [-0.39, 0.29) is 5.54 Å². The van der Waals surface area contributed by atoms with Gasteiger partial charge in [-0.2, -0.15) is 0 Å². The molecule has 0 aromatic heterocycles. The largest absolute Gasteiger partial charge is 0.376 e. The minimum absolute atomic E-state index is 0.203. The van der Waals surface area contributed by atoms with Crippen LogP contribution in [0.5, 0.6) is 0 Å². The summed E-state index contributed by atoms with van der Waals surface area (Å²) in [6.45, 7) is 4.55. The van der Waals surface area contributed by atoms with Crippen LogP contribution < -0.4 is 5.32 Å². The van der Waals surface area contributed by atoms with Gasteiger partial charge < -0.3 is 5.32 Å². The van der Waals surface area contributed by atoms with Gasteiger partial charge in [0.2, 0.25) is 0 Å². The number of benzene rings is 6. The first-order chi connectivity index (χ1) is 24.5. The van der Waals surface area contributed by atoms with E-state index in [0.717, 1.165) is 47.1 Å². The van der Waals surface area contributed by atoms with Crippen LogP contribution in [0.25, 0.3) is 36.0 Å². The molecule has 0 heterocycles. The standard InChI is InChI=1S/C48H43NO/c1-3-34-48(2,45-30-26-41(27-31-45)35-47(43-10-6-4-7-11-43)44-12-8-5-9-13-44)49-46-32-28-40(29-33-46)21-20-38-16-14-37(15-17-38)18-19-39-22-24-42(36-50)25-23-39/h4-33,35-36,49H,3,34H2,1-2H3/b19-18+,21-20+. The molecule has 1 atom stereocenters. The van der Waals surface area contributed by atoms with E-state index in [1.807, 2.05) is 24.3 Å². The Labute approximate surface area is 297 Å². The van der Waals surface area contributed by atoms with E-state index >= 15 is 0 Å². The zero-order valence-corrected chi connectivity index (χ0v) is 28.8. The summed E-state index contributed by atoms with van der Waals surface area (Å²) in [5.74, 6) is 0. The fraction of sp³-hybridized carbons (Fsp3) is 0.104. The number of carbonyl (C=O) groups is 1. The Bertz CT molecular complexity index is 2010. The number of carbonyl (C=O) groups excluding carboxylic acids is 1. The molecule has 2 nitrogen and oxygen atoms in total. The van der Waals surface area contributed by atoms with Crippen LogP contribution in [0.15, 0.2) is 158 Å². The lowest BCUT2D eigenvalue weighted by molar-refractivity contribution is 0.112. The molecule has 6 rings (SSSR count). The average molecular weight is 650 g/mol. The molecular weight excluding hydrogens is 607 g/mol. The highest BCUT2D eigenvalue weighted by atomic mass is 16.1. The fourth-order valence-corrected chi connectivity index (χ4v) is 6.25. The third-order valence-corrected chi connectivity index (χ3v) is 9.05. The molecule has 0 bridgehead atoms. The number of hydrogen-bond acceptors (Lipinski definition) is 2. The summed E-state index contributed by atoms with van der Waals surface area (Å²) in [5, 5.41) is 3.86. The van der Waals surface area contributed by atoms with Crippen molar-refractivity contribution in [2.24, 2.45) is 0 Å². The van der Waals surface area contributed by atoms with Crippen LogP contribution in [0, 0.1) is 0 Å². The molecule has 2 heteroatoms. The average Bonchev–Trinajstić information content (AvgIpc) is 3.17. The summed E-state index contributed by atoms with van der Waals surface area (Å²) >= 11 is 0. The van der Waals surface area contributed by atoms with E-state index in [9.17, 15) is 4.79 Å². The molecule has 1 unspecified atom stereocenters. The monoisotopic (exact) mass is 649 g/mol. The second kappa shape index (κ2) is 16.4. The summed E-state index contributed by atoms with van der Waals surface area (Å²) < 4.78 is 0. The van der Waals surface area contributed by atoms with Gasteiger partial charge >= 0.3 is 0 Å². The van der Waals surface area contributed by atoms with E-state index in [1.165, 1.54) is 27.8 Å². The SMILES string of the molecule is CCCC(C)(Nc1ccc(/C=C/c2ccc(/C=C/c3ccc(C=O)cc3)cc2)cc1)c1ccc(C=C(c2ccccc2)c2ccccc2)cc1. The number of aldehydes is 1. The number of anilines is 1. The second-order valence-corrected chi connectivity index (χ2v) is 12.9. The second-order valence-electron chi connectivity index (χ2n) is 12.9. The number of nitrogens with one attached hydrogen (secondary N) is 1. The zero-order valence-electron chi connectivity index (χ0n) is 28.8. The van der Waals surface area contributed by atoms with Crippen LogP contribution >= 0.6 is 0 Å². The van der Waals surface area contributed by atoms with Crippen LogP contribution in [0.4, 0.5) is 5.69 Å². The molecule has 0 amide bonds. The summed E-state index contributed by atoms with van der Waals surface area (Å²) in [6, 6.07) is 55.0. The molecule has 1 N–H and O–H groups in total. The quantitative estimate of drug-likeness (QED) is 0.0996. The minimum Gasteiger partial charge on any atom is -0.376 e. The van der Waals surface area contributed by atoms with Gasteiger partial charge in [0.25, 0.3) is 0 Å². The lowest BCUT2D eigenvalue weighted by atomic mass is 9.86. The normalized spacial score (nSPS) is 12.4. The van der Waals surface area contributed by atoms with Gasteiger partial charge in [0, 0.05) is 11.3 Å². The topological polar surface area (TPSA) is 29.1 Å². The summed E-state index contributed by atoms with van der Waals surface area (Å²) in [4.78, 5) is 10.9. The maximum absolute atomic E-state index is 10.9. The molecule has 0 radical (unpaired) electrons. The van der Waals surface area contributed by atoms with Gasteiger partial charge in [0.1, 0.15) is 6.29 Å². The molecule has 0 saturated heterocycles. The summed E-state index contributed by atoms with van der Waals surface area (Å²) in [6.07, 6.45) is 13.7. The predicted octanol–water partition coefficient (Wildman–Crippen LogP) is 12.6. The first-order valence-electron chi connectivity index (χ1n) is 17.3. The van der Waals surface area contributed by atoms with Crippen molar-refractivity contribution in [2.45, 2.75) is 32.2 Å². The van der Waals surface area contributed by atoms with Crippen LogP contribution in [0.3, 0.4) is 0 Å². The molecule has 0 aliphatic carbocycles. The van der Waals surface area contributed by atoms with Gasteiger partial charge in [-0.15, -0.1) is 0 Å². The highest BCUT2D eigenvalue weighted by Gasteiger charge is 2.25. The Morgan fingerprint density at radius 2 is 0.920 bits per heavy atom. The van der Waals surface area contributed by atoms with Gasteiger partial charge in [-0.05, 0) is 81.6 Å². The maximum atomic E-state index is 10.9. The Morgan fingerprint density at radius 1 is 0.520 bits per heavy atom. The van der Waals surface area contributed by atoms with Gasteiger partial charge in [-0.25, -0.2) is 0 Å². The van der Waals surface area contributed by atoms with Crippen molar-refractivity contribution < 1.29 is 4.79 Å². The van der Waals surface area contributed by atoms with Crippen molar-refractivity contribution in [3.63, 3.8) is 0 Å². The van der Waals surface area contributed by atoms with E-state index in [2.05, 4.69) is 183 Å². The Balaban J connectivity index is 1.12. The van der Waals surface area contributed by atoms with Crippen LogP contribution in [-0.2, 0) is 5.54 Å². The Morgan fingerprint density at radius 3 is 1.34 bits per heavy atom. The van der Waals surface area contributed by atoms with Crippen molar-refractivity contribution in [1.29, 1.82) is 0 Å². The molecule has 50 heavy (non-hydrogen) atoms. The van der Waals surface area contributed by atoms with Gasteiger partial charge in [0.15, 0.2) is 0 Å². The van der Waals surface area contributed by atoms with Crippen LogP contribution in [-0.4, -0.2) is 6.29 Å². The third-order valence-electron chi connectivity index (χ3n) is 9.05. The summed E-state index contributed by atoms with van der Waals surface area (Å²) in [7, 11) is 0. The molecule has 0 aliphatic heterocycles. The maximum Gasteiger partial charge on any atom is 0.150 e. The number of hydrogen-bond donors (Lipinski definition) is 1. The predicted molar refractivity (Wildman–Crippen MR) is 215 cm³/mol. The first-order valence-corrected chi connectivity index (χ1v) is 17.3. The lowest BCUT2D eigenvalue weighted by Crippen LogP contribution is -2.31. The number of rotatable bonds is 13. The van der Waals surface area contributed by atoms with Crippen molar-refractivity contribution in [2.75, 3.05) is 5.32 Å². The molecule has 246 valence electrons. The van der Waals surface area contributed by atoms with Gasteiger partial charge in [-0.1, -0.05) is 183 Å². The highest BCUT2D eigenvalue weighted by molar-refractivity contribution is 5.91. The van der Waals surface area contributed by atoms with E-state index in [4.69, 9.17) is 0 Å². The fourth-order valence-electron chi connectivity index (χ4n) is 6.25. The molecule has 0 fully saturated rings. The Hall–Kier alpha value is -5.99. The van der Waals surface area contributed by atoms with Gasteiger partial charge in [0.05, 0.1) is 5.54 Å². The molecule has 6 aromatic rings. The van der Waals surface area contributed by atoms with Crippen molar-refractivity contribution >= 4 is 47.9 Å². The van der Waals surface area contributed by atoms with Gasteiger partial charge in [-0.3, -0.25) is 4.79 Å². The van der Waals surface area contributed by atoms with Crippen molar-refractivity contribution in [3.05, 3.63) is 208 Å². The molecule has 0 saturated carbocycles. The van der Waals surface area contributed by atoms with Crippen molar-refractivity contribution in [1.82, 2.24) is 0 Å². The molecule has 0 aliphatic rings. The first kappa shape index (κ1) is 33.9. The third kappa shape index (κ3) is 8.92. The van der Waals surface area contributed by atoms with E-state index in [1.54, 1.807) is 0 Å². The molecular formula is C48H43NO.